The van der Waals surface area contributed by atoms with Gasteiger partial charge < -0.3 is 31.5 Å². The van der Waals surface area contributed by atoms with Crippen LogP contribution in [0.15, 0.2) is 6.07 Å². The number of primary amides is 1. The Hall–Kier alpha value is -4.38. The second-order valence-corrected chi connectivity index (χ2v) is 11.4. The quantitative estimate of drug-likeness (QED) is 0.169. The van der Waals surface area contributed by atoms with Gasteiger partial charge in [0.1, 0.15) is 5.75 Å². The number of likely N-dealkylation sites (N-methyl/N-ethyl adjacent to an activating group) is 1. The predicted molar refractivity (Wildman–Crippen MR) is 143 cm³/mol. The number of Topliss-reactive ketones (excluding diaryl/α,β-unsaturated/α-hetero) is 4. The fourth-order valence-electron chi connectivity index (χ4n) is 6.71. The first-order chi connectivity index (χ1) is 20.3. The van der Waals surface area contributed by atoms with Gasteiger partial charge in [-0.3, -0.25) is 33.7 Å². The van der Waals surface area contributed by atoms with Crippen LogP contribution in [0.2, 0.25) is 0 Å². The van der Waals surface area contributed by atoms with Gasteiger partial charge in [0.25, 0.3) is 0 Å². The van der Waals surface area contributed by atoms with Gasteiger partial charge in [-0.2, -0.15) is 13.2 Å². The molecule has 3 aliphatic carbocycles. The van der Waals surface area contributed by atoms with E-state index in [-0.39, 0.29) is 17.7 Å². The van der Waals surface area contributed by atoms with Crippen molar-refractivity contribution in [1.29, 1.82) is 0 Å². The molecule has 1 aromatic rings. The first-order valence-corrected chi connectivity index (χ1v) is 13.3. The van der Waals surface area contributed by atoms with Crippen LogP contribution in [0.4, 0.5) is 24.5 Å². The summed E-state index contributed by atoms with van der Waals surface area (Å²) in [5, 5.41) is 13.4. The van der Waals surface area contributed by atoms with Crippen LogP contribution >= 0.6 is 0 Å². The number of aromatic hydroxyl groups is 1. The smallest absolute Gasteiger partial charge is 0.490 e. The molecule has 6 atom stereocenters. The predicted octanol–water partition coefficient (Wildman–Crippen LogP) is -1.06. The fourth-order valence-corrected chi connectivity index (χ4v) is 6.71. The van der Waals surface area contributed by atoms with Gasteiger partial charge in [-0.1, -0.05) is 0 Å². The first-order valence-electron chi connectivity index (χ1n) is 13.3. The molecule has 4 rings (SSSR count). The van der Waals surface area contributed by atoms with E-state index < -0.39 is 107 Å². The monoisotopic (exact) mass is 625 g/mol. The molecule has 0 bridgehead atoms. The number of alkyl halides is 3. The zero-order chi connectivity index (χ0) is 33.2. The number of carbonyl (C=O) groups excluding carboxylic acids is 7. The number of phenols is 1. The number of carbonyl (C=O) groups is 7. The fraction of sp³-hybridized carbons (Fsp3) is 0.519. The summed E-state index contributed by atoms with van der Waals surface area (Å²) in [4.78, 5) is 94.9. The number of hydrogen-bond donors (Lipinski definition) is 4. The first kappa shape index (κ1) is 32.5. The maximum absolute atomic E-state index is 14.3. The third-order valence-electron chi connectivity index (χ3n) is 8.43. The summed E-state index contributed by atoms with van der Waals surface area (Å²) >= 11 is 0. The minimum Gasteiger partial charge on any atom is -0.505 e. The number of ether oxygens (including phenoxy) is 1. The van der Waals surface area contributed by atoms with Crippen molar-refractivity contribution in [3.05, 3.63) is 17.2 Å². The number of ketones is 4. The second kappa shape index (κ2) is 11.0. The minimum atomic E-state index is -5.72. The SMILES string of the molecule is CN(C)c1cc(NC(=O)CN)c(O)c2c1CC1CC3[C@H](N(C)C)C(=O)C(C(N)=O)C(=O)[C@@]3(OC(=O)C(F)(F)F)C(=O)C1C2=O. The number of fused-ring (bicyclic) bond motifs is 3. The van der Waals surface area contributed by atoms with Crippen LogP contribution in [0.3, 0.4) is 0 Å². The molecule has 6 N–H and O–H groups in total. The highest BCUT2D eigenvalue weighted by Gasteiger charge is 2.73. The number of rotatable bonds is 6. The summed E-state index contributed by atoms with van der Waals surface area (Å²) in [6, 6.07) is -0.230. The summed E-state index contributed by atoms with van der Waals surface area (Å²) in [5.41, 5.74) is 7.08. The highest BCUT2D eigenvalue weighted by atomic mass is 19.4. The molecule has 0 heterocycles. The van der Waals surface area contributed by atoms with Crippen LogP contribution in [0.25, 0.3) is 0 Å². The second-order valence-electron chi connectivity index (χ2n) is 11.4. The largest absolute Gasteiger partial charge is 0.505 e. The van der Waals surface area contributed by atoms with E-state index in [9.17, 15) is 51.8 Å². The van der Waals surface area contributed by atoms with E-state index in [1.165, 1.54) is 25.1 Å². The lowest BCUT2D eigenvalue weighted by atomic mass is 9.52. The number of amides is 2. The Bertz CT molecular complexity index is 1510. The molecule has 0 spiro atoms. The highest BCUT2D eigenvalue weighted by molar-refractivity contribution is 6.33. The molecule has 44 heavy (non-hydrogen) atoms. The minimum absolute atomic E-state index is 0.148. The molecule has 0 radical (unpaired) electrons. The molecular formula is C27H30F3N5O9. The Balaban J connectivity index is 1.99. The molecule has 3 aliphatic rings. The molecule has 238 valence electrons. The average Bonchev–Trinajstić information content (AvgIpc) is 2.90. The van der Waals surface area contributed by atoms with E-state index in [1.807, 2.05) is 0 Å². The van der Waals surface area contributed by atoms with Crippen molar-refractivity contribution >= 4 is 52.3 Å². The Kier molecular flexibility index (Phi) is 8.10. The number of nitrogens with zero attached hydrogens (tertiary/aromatic N) is 2. The van der Waals surface area contributed by atoms with Crippen LogP contribution in [-0.4, -0.2) is 103 Å². The van der Waals surface area contributed by atoms with Crippen LogP contribution in [0.5, 0.6) is 5.75 Å². The number of hydrogen-bond acceptors (Lipinski definition) is 12. The molecule has 0 aromatic heterocycles. The molecule has 14 nitrogen and oxygen atoms in total. The normalized spacial score (nSPS) is 28.2. The summed E-state index contributed by atoms with van der Waals surface area (Å²) < 4.78 is 45.3. The topological polar surface area (TPSA) is 219 Å². The number of anilines is 2. The van der Waals surface area contributed by atoms with Gasteiger partial charge in [-0.15, -0.1) is 0 Å². The third kappa shape index (κ3) is 4.79. The van der Waals surface area contributed by atoms with Crippen molar-refractivity contribution in [3.8, 4) is 5.75 Å². The number of phenolic OH excluding ortho intramolecular Hbond substituents is 1. The number of nitrogens with two attached hydrogens (primary N) is 2. The van der Waals surface area contributed by atoms with E-state index in [4.69, 9.17) is 16.2 Å². The van der Waals surface area contributed by atoms with Crippen LogP contribution in [-0.2, 0) is 39.9 Å². The van der Waals surface area contributed by atoms with Gasteiger partial charge in [0.2, 0.25) is 23.2 Å². The summed E-state index contributed by atoms with van der Waals surface area (Å²) in [6.45, 7) is -0.492. The van der Waals surface area contributed by atoms with Gasteiger partial charge in [-0.05, 0) is 44.5 Å². The maximum Gasteiger partial charge on any atom is 0.490 e. The number of benzene rings is 1. The van der Waals surface area contributed by atoms with Gasteiger partial charge in [0.05, 0.1) is 29.8 Å². The van der Waals surface area contributed by atoms with E-state index >= 15 is 0 Å². The van der Waals surface area contributed by atoms with Crippen LogP contribution in [0, 0.1) is 23.7 Å². The number of halogens is 3. The van der Waals surface area contributed by atoms with E-state index in [2.05, 4.69) is 5.32 Å². The number of esters is 1. The van der Waals surface area contributed by atoms with Gasteiger partial charge >= 0.3 is 12.1 Å². The van der Waals surface area contributed by atoms with Gasteiger partial charge in [0.15, 0.2) is 23.3 Å². The highest BCUT2D eigenvalue weighted by Crippen LogP contribution is 2.54. The summed E-state index contributed by atoms with van der Waals surface area (Å²) in [7, 11) is 5.81. The van der Waals surface area contributed by atoms with Crippen molar-refractivity contribution < 1.29 is 56.6 Å². The molecule has 2 saturated carbocycles. The van der Waals surface area contributed by atoms with E-state index in [0.717, 1.165) is 0 Å². The Morgan fingerprint density at radius 3 is 2.23 bits per heavy atom. The lowest BCUT2D eigenvalue weighted by Gasteiger charge is -2.53. The molecule has 0 aliphatic heterocycles. The Labute approximate surface area is 247 Å². The van der Waals surface area contributed by atoms with E-state index in [0.29, 0.717) is 5.69 Å². The van der Waals surface area contributed by atoms with Gasteiger partial charge in [-0.25, -0.2) is 4.79 Å². The molecule has 17 heteroatoms. The van der Waals surface area contributed by atoms with Crippen LogP contribution in [0.1, 0.15) is 22.3 Å². The van der Waals surface area contributed by atoms with Crippen LogP contribution < -0.4 is 21.7 Å². The average molecular weight is 626 g/mol. The molecular weight excluding hydrogens is 595 g/mol. The number of nitrogens with one attached hydrogen (secondary N) is 1. The van der Waals surface area contributed by atoms with Crippen molar-refractivity contribution in [2.45, 2.75) is 30.7 Å². The van der Waals surface area contributed by atoms with Crippen molar-refractivity contribution in [2.24, 2.45) is 35.1 Å². The molecule has 0 saturated heterocycles. The standard InChI is InChI=1S/C27H30F3N5O9/c1-34(2)13-7-12(33-14(36)8-31)19(37)16-10(13)5-9-6-11-18(35(3)4)21(39)17(24(32)42)23(41)26(11,22(40)15(9)20(16)38)44-25(43)27(28,29)30/h7,9,11,15,17-18,37H,5-6,8,31H2,1-4H3,(H2,32,42)(H,33,36)/t9?,11?,15?,17?,18-,26-/m0/s1. The Morgan fingerprint density at radius 1 is 1.11 bits per heavy atom. The zero-order valence-electron chi connectivity index (χ0n) is 24.0. The Morgan fingerprint density at radius 2 is 1.73 bits per heavy atom. The van der Waals surface area contributed by atoms with Crippen molar-refractivity contribution in [2.75, 3.05) is 45.0 Å². The lowest BCUT2D eigenvalue weighted by molar-refractivity contribution is -0.226. The summed E-state index contributed by atoms with van der Waals surface area (Å²) in [5.74, 6) is -18.8. The van der Waals surface area contributed by atoms with Crippen molar-refractivity contribution in [3.63, 3.8) is 0 Å². The summed E-state index contributed by atoms with van der Waals surface area (Å²) in [6.07, 6.45) is -6.31. The third-order valence-corrected chi connectivity index (χ3v) is 8.43. The lowest BCUT2D eigenvalue weighted by Crippen LogP contribution is -2.75. The van der Waals surface area contributed by atoms with Crippen molar-refractivity contribution in [1.82, 2.24) is 4.90 Å². The molecule has 2 amide bonds. The molecule has 4 unspecified atom stereocenters. The maximum atomic E-state index is 14.3. The zero-order valence-corrected chi connectivity index (χ0v) is 24.0. The molecule has 2 fully saturated rings. The van der Waals surface area contributed by atoms with E-state index in [1.54, 1.807) is 19.0 Å². The van der Waals surface area contributed by atoms with Gasteiger partial charge in [0, 0.05) is 25.7 Å². The molecule has 1 aromatic carbocycles.